The van der Waals surface area contributed by atoms with Crippen LogP contribution in [0.2, 0.25) is 5.02 Å². The summed E-state index contributed by atoms with van der Waals surface area (Å²) in [5.41, 5.74) is 7.10. The summed E-state index contributed by atoms with van der Waals surface area (Å²) in [5, 5.41) is 0.747. The highest BCUT2D eigenvalue weighted by atomic mass is 35.5. The number of methoxy groups -OCH3 is 1. The fourth-order valence-corrected chi connectivity index (χ4v) is 3.05. The first kappa shape index (κ1) is 15.6. The molecule has 20 heavy (non-hydrogen) atoms. The Balaban J connectivity index is 2.28. The number of rotatable bonds is 8. The summed E-state index contributed by atoms with van der Waals surface area (Å²) in [7, 11) is 1.69. The van der Waals surface area contributed by atoms with Crippen LogP contribution in [0, 0.1) is 5.92 Å². The Labute approximate surface area is 127 Å². The number of nitrogens with two attached hydrogens (primary N) is 1. The van der Waals surface area contributed by atoms with E-state index in [1.807, 2.05) is 18.2 Å². The molecule has 3 nitrogen and oxygen atoms in total. The topological polar surface area (TPSA) is 38.5 Å². The molecule has 0 spiro atoms. The molecule has 1 fully saturated rings. The first-order valence-corrected chi connectivity index (χ1v) is 7.85. The van der Waals surface area contributed by atoms with Crippen LogP contribution in [0.25, 0.3) is 0 Å². The fraction of sp³-hybridized carbons (Fsp3) is 0.625. The molecular formula is C16H25ClN2O. The normalized spacial score (nSPS) is 16.4. The van der Waals surface area contributed by atoms with Crippen LogP contribution in [0.5, 0.6) is 5.75 Å². The summed E-state index contributed by atoms with van der Waals surface area (Å²) < 4.78 is 5.49. The highest BCUT2D eigenvalue weighted by Crippen LogP contribution is 2.38. The van der Waals surface area contributed by atoms with Crippen LogP contribution >= 0.6 is 11.6 Å². The molecule has 4 heteroatoms. The zero-order valence-electron chi connectivity index (χ0n) is 12.4. The fourth-order valence-electron chi connectivity index (χ4n) is 2.76. The summed E-state index contributed by atoms with van der Waals surface area (Å²) in [6.07, 6.45) is 3.81. The quantitative estimate of drug-likeness (QED) is 0.798. The lowest BCUT2D eigenvalue weighted by Crippen LogP contribution is -2.36. The predicted octanol–water partition coefficient (Wildman–Crippen LogP) is 3.47. The van der Waals surface area contributed by atoms with Crippen LogP contribution in [-0.2, 0) is 0 Å². The van der Waals surface area contributed by atoms with Crippen LogP contribution in [0.1, 0.15) is 37.8 Å². The third kappa shape index (κ3) is 3.66. The highest BCUT2D eigenvalue weighted by Gasteiger charge is 2.30. The average molecular weight is 297 g/mol. The predicted molar refractivity (Wildman–Crippen MR) is 84.4 cm³/mol. The second-order valence-corrected chi connectivity index (χ2v) is 5.95. The van der Waals surface area contributed by atoms with Crippen LogP contribution in [0.3, 0.4) is 0 Å². The molecular weight excluding hydrogens is 272 g/mol. The van der Waals surface area contributed by atoms with Gasteiger partial charge in [0.2, 0.25) is 0 Å². The molecule has 2 rings (SSSR count). The summed E-state index contributed by atoms with van der Waals surface area (Å²) >= 11 is 6.42. The standard InChI is InChI=1S/C16H25ClN2O/c1-3-9-19(11-12-7-8-12)14(10-18)16-13(17)5-4-6-15(16)20-2/h4-6,12,14H,3,7-11,18H2,1-2H3. The van der Waals surface area contributed by atoms with E-state index in [0.29, 0.717) is 6.54 Å². The number of hydrogen-bond donors (Lipinski definition) is 1. The molecule has 1 aliphatic rings. The number of hydrogen-bond acceptors (Lipinski definition) is 3. The maximum Gasteiger partial charge on any atom is 0.125 e. The molecule has 0 aromatic heterocycles. The maximum absolute atomic E-state index is 6.42. The number of benzene rings is 1. The highest BCUT2D eigenvalue weighted by molar-refractivity contribution is 6.31. The Hall–Kier alpha value is -0.770. The summed E-state index contributed by atoms with van der Waals surface area (Å²) in [4.78, 5) is 2.47. The van der Waals surface area contributed by atoms with Crippen molar-refractivity contribution in [2.45, 2.75) is 32.2 Å². The average Bonchev–Trinajstić information content (AvgIpc) is 3.25. The van der Waals surface area contributed by atoms with Gasteiger partial charge in [0.25, 0.3) is 0 Å². The van der Waals surface area contributed by atoms with Gasteiger partial charge in [-0.1, -0.05) is 24.6 Å². The molecule has 1 aliphatic carbocycles. The molecule has 0 saturated heterocycles. The Morgan fingerprint density at radius 2 is 2.20 bits per heavy atom. The first-order chi connectivity index (χ1) is 9.71. The van der Waals surface area contributed by atoms with Crippen molar-refractivity contribution >= 4 is 11.6 Å². The van der Waals surface area contributed by atoms with E-state index in [1.54, 1.807) is 7.11 Å². The summed E-state index contributed by atoms with van der Waals surface area (Å²) in [5.74, 6) is 1.67. The Morgan fingerprint density at radius 3 is 2.75 bits per heavy atom. The van der Waals surface area contributed by atoms with E-state index in [-0.39, 0.29) is 6.04 Å². The molecule has 1 atom stereocenters. The van der Waals surface area contributed by atoms with Crippen molar-refractivity contribution in [3.8, 4) is 5.75 Å². The van der Waals surface area contributed by atoms with Gasteiger partial charge >= 0.3 is 0 Å². The van der Waals surface area contributed by atoms with Crippen LogP contribution in [-0.4, -0.2) is 31.6 Å². The lowest BCUT2D eigenvalue weighted by Gasteiger charge is -2.32. The molecule has 2 N–H and O–H groups in total. The molecule has 0 heterocycles. The van der Waals surface area contributed by atoms with Gasteiger partial charge in [-0.2, -0.15) is 0 Å². The van der Waals surface area contributed by atoms with Crippen molar-refractivity contribution in [1.82, 2.24) is 4.90 Å². The number of nitrogens with zero attached hydrogens (tertiary/aromatic N) is 1. The molecule has 1 saturated carbocycles. The van der Waals surface area contributed by atoms with Gasteiger partial charge in [-0.25, -0.2) is 0 Å². The second-order valence-electron chi connectivity index (χ2n) is 5.55. The monoisotopic (exact) mass is 296 g/mol. The Morgan fingerprint density at radius 1 is 1.45 bits per heavy atom. The molecule has 112 valence electrons. The molecule has 0 amide bonds. The van der Waals surface area contributed by atoms with Gasteiger partial charge in [0.05, 0.1) is 13.2 Å². The van der Waals surface area contributed by atoms with E-state index in [1.165, 1.54) is 12.8 Å². The van der Waals surface area contributed by atoms with E-state index >= 15 is 0 Å². The van der Waals surface area contributed by atoms with E-state index < -0.39 is 0 Å². The van der Waals surface area contributed by atoms with Crippen molar-refractivity contribution in [1.29, 1.82) is 0 Å². The smallest absolute Gasteiger partial charge is 0.125 e. The SMILES string of the molecule is CCCN(CC1CC1)C(CN)c1c(Cl)cccc1OC. The zero-order valence-corrected chi connectivity index (χ0v) is 13.2. The Kier molecular flexibility index (Phi) is 5.70. The van der Waals surface area contributed by atoms with Crippen molar-refractivity contribution in [2.24, 2.45) is 11.7 Å². The molecule has 1 aromatic carbocycles. The van der Waals surface area contributed by atoms with E-state index in [4.69, 9.17) is 22.1 Å². The minimum absolute atomic E-state index is 0.138. The zero-order chi connectivity index (χ0) is 14.5. The third-order valence-electron chi connectivity index (χ3n) is 3.93. The maximum atomic E-state index is 6.42. The second kappa shape index (κ2) is 7.30. The van der Waals surface area contributed by atoms with Crippen molar-refractivity contribution in [2.75, 3.05) is 26.7 Å². The van der Waals surface area contributed by atoms with Crippen molar-refractivity contribution < 1.29 is 4.74 Å². The first-order valence-electron chi connectivity index (χ1n) is 7.47. The minimum atomic E-state index is 0.138. The third-order valence-corrected chi connectivity index (χ3v) is 4.26. The van der Waals surface area contributed by atoms with Crippen LogP contribution in [0.15, 0.2) is 18.2 Å². The molecule has 0 radical (unpaired) electrons. The summed E-state index contributed by atoms with van der Waals surface area (Å²) in [6, 6.07) is 5.94. The Bertz CT molecular complexity index is 434. The number of ether oxygens (including phenoxy) is 1. The minimum Gasteiger partial charge on any atom is -0.496 e. The van der Waals surface area contributed by atoms with Gasteiger partial charge in [-0.15, -0.1) is 0 Å². The lowest BCUT2D eigenvalue weighted by atomic mass is 10.0. The van der Waals surface area contributed by atoms with Crippen molar-refractivity contribution in [3.05, 3.63) is 28.8 Å². The van der Waals surface area contributed by atoms with Crippen molar-refractivity contribution in [3.63, 3.8) is 0 Å². The molecule has 0 bridgehead atoms. The van der Waals surface area contributed by atoms with Gasteiger partial charge in [0.1, 0.15) is 5.75 Å². The van der Waals surface area contributed by atoms with E-state index in [0.717, 1.165) is 41.8 Å². The van der Waals surface area contributed by atoms with Gasteiger partial charge in [0.15, 0.2) is 0 Å². The van der Waals surface area contributed by atoms with Gasteiger partial charge in [-0.3, -0.25) is 4.90 Å². The molecule has 1 aromatic rings. The van der Waals surface area contributed by atoms with Gasteiger partial charge < -0.3 is 10.5 Å². The molecule has 1 unspecified atom stereocenters. The number of halogens is 1. The van der Waals surface area contributed by atoms with E-state index in [9.17, 15) is 0 Å². The van der Waals surface area contributed by atoms with Gasteiger partial charge in [-0.05, 0) is 43.9 Å². The lowest BCUT2D eigenvalue weighted by molar-refractivity contribution is 0.190. The summed E-state index contributed by atoms with van der Waals surface area (Å²) in [6.45, 7) is 4.93. The van der Waals surface area contributed by atoms with Crippen LogP contribution in [0.4, 0.5) is 0 Å². The largest absolute Gasteiger partial charge is 0.496 e. The van der Waals surface area contributed by atoms with E-state index in [2.05, 4.69) is 11.8 Å². The van der Waals surface area contributed by atoms with Gasteiger partial charge in [0, 0.05) is 23.7 Å². The molecule has 0 aliphatic heterocycles. The van der Waals surface area contributed by atoms with Crippen LogP contribution < -0.4 is 10.5 Å².